The molecule has 0 bridgehead atoms. The summed E-state index contributed by atoms with van der Waals surface area (Å²) >= 11 is 0. The van der Waals surface area contributed by atoms with Crippen molar-refractivity contribution in [2.24, 2.45) is 0 Å². The van der Waals surface area contributed by atoms with E-state index in [1.54, 1.807) is 4.90 Å². The maximum Gasteiger partial charge on any atom is 0.242 e. The zero-order valence-corrected chi connectivity index (χ0v) is 10.2. The Morgan fingerprint density at radius 2 is 2.00 bits per heavy atom. The Bertz CT molecular complexity index is 245. The molecule has 2 atom stereocenters. The minimum atomic E-state index is -0.659. The summed E-state index contributed by atoms with van der Waals surface area (Å²) < 4.78 is 0. The van der Waals surface area contributed by atoms with Gasteiger partial charge < -0.3 is 15.3 Å². The van der Waals surface area contributed by atoms with E-state index in [4.69, 9.17) is 0 Å². The van der Waals surface area contributed by atoms with E-state index >= 15 is 0 Å². The summed E-state index contributed by atoms with van der Waals surface area (Å²) in [7, 11) is 0. The standard InChI is InChI=1S/C11H22N2O2/c1-7(2)12-8-6-9(14)13(10(8)15)11(3,4)5/h7-9,12,14H,6H2,1-5H3. The van der Waals surface area contributed by atoms with E-state index in [-0.39, 0.29) is 23.5 Å². The highest BCUT2D eigenvalue weighted by molar-refractivity contribution is 5.85. The third kappa shape index (κ3) is 2.69. The molecule has 1 fully saturated rings. The average molecular weight is 214 g/mol. The van der Waals surface area contributed by atoms with Crippen molar-refractivity contribution in [1.29, 1.82) is 0 Å². The normalized spacial score (nSPS) is 27.9. The second kappa shape index (κ2) is 4.10. The molecule has 0 aliphatic carbocycles. The lowest BCUT2D eigenvalue weighted by Crippen LogP contribution is -2.50. The summed E-state index contributed by atoms with van der Waals surface area (Å²) in [5, 5.41) is 13.0. The first-order chi connectivity index (χ1) is 6.73. The molecule has 1 aliphatic heterocycles. The molecule has 0 aromatic rings. The minimum absolute atomic E-state index is 0.00343. The third-order valence-corrected chi connectivity index (χ3v) is 2.54. The highest BCUT2D eigenvalue weighted by atomic mass is 16.3. The van der Waals surface area contributed by atoms with Gasteiger partial charge in [0.05, 0.1) is 6.04 Å². The smallest absolute Gasteiger partial charge is 0.242 e. The number of nitrogens with one attached hydrogen (secondary N) is 1. The van der Waals surface area contributed by atoms with Crippen molar-refractivity contribution in [2.45, 2.75) is 64.9 Å². The fraction of sp³-hybridized carbons (Fsp3) is 0.909. The second-order valence-electron chi connectivity index (χ2n) is 5.47. The lowest BCUT2D eigenvalue weighted by molar-refractivity contribution is -0.141. The van der Waals surface area contributed by atoms with E-state index in [9.17, 15) is 9.90 Å². The predicted octanol–water partition coefficient (Wildman–Crippen LogP) is 0.702. The summed E-state index contributed by atoms with van der Waals surface area (Å²) in [6.45, 7) is 9.81. The Balaban J connectivity index is 2.75. The molecule has 1 rings (SSSR count). The van der Waals surface area contributed by atoms with Crippen LogP contribution in [0.15, 0.2) is 0 Å². The number of amides is 1. The van der Waals surface area contributed by atoms with E-state index in [1.807, 2.05) is 34.6 Å². The van der Waals surface area contributed by atoms with Crippen LogP contribution in [0.1, 0.15) is 41.0 Å². The van der Waals surface area contributed by atoms with Crippen molar-refractivity contribution in [3.63, 3.8) is 0 Å². The van der Waals surface area contributed by atoms with Gasteiger partial charge >= 0.3 is 0 Å². The van der Waals surface area contributed by atoms with Crippen LogP contribution in [0.3, 0.4) is 0 Å². The molecule has 4 nitrogen and oxygen atoms in total. The average Bonchev–Trinajstić information content (AvgIpc) is 2.23. The number of hydrogen-bond donors (Lipinski definition) is 2. The van der Waals surface area contributed by atoms with Crippen molar-refractivity contribution < 1.29 is 9.90 Å². The maximum absolute atomic E-state index is 12.0. The molecule has 0 aromatic heterocycles. The van der Waals surface area contributed by atoms with Gasteiger partial charge in [0.1, 0.15) is 6.23 Å². The Morgan fingerprint density at radius 3 is 2.33 bits per heavy atom. The van der Waals surface area contributed by atoms with E-state index < -0.39 is 6.23 Å². The van der Waals surface area contributed by atoms with Crippen molar-refractivity contribution in [2.75, 3.05) is 0 Å². The van der Waals surface area contributed by atoms with Crippen LogP contribution in [0, 0.1) is 0 Å². The number of nitrogens with zero attached hydrogens (tertiary/aromatic N) is 1. The molecule has 0 radical (unpaired) electrons. The van der Waals surface area contributed by atoms with Gasteiger partial charge in [0.2, 0.25) is 5.91 Å². The van der Waals surface area contributed by atoms with Crippen molar-refractivity contribution >= 4 is 5.91 Å². The van der Waals surface area contributed by atoms with Crippen LogP contribution in [0.25, 0.3) is 0 Å². The number of rotatable bonds is 2. The van der Waals surface area contributed by atoms with Gasteiger partial charge in [0.15, 0.2) is 0 Å². The quantitative estimate of drug-likeness (QED) is 0.711. The van der Waals surface area contributed by atoms with Gasteiger partial charge in [-0.05, 0) is 20.8 Å². The van der Waals surface area contributed by atoms with Crippen molar-refractivity contribution in [3.05, 3.63) is 0 Å². The molecular formula is C11H22N2O2. The van der Waals surface area contributed by atoms with E-state index in [0.29, 0.717) is 6.42 Å². The zero-order chi connectivity index (χ0) is 11.8. The first kappa shape index (κ1) is 12.5. The van der Waals surface area contributed by atoms with Crippen LogP contribution in [0.4, 0.5) is 0 Å². The van der Waals surface area contributed by atoms with Gasteiger partial charge in [0, 0.05) is 18.0 Å². The molecular weight excluding hydrogens is 192 g/mol. The van der Waals surface area contributed by atoms with Crippen molar-refractivity contribution in [3.8, 4) is 0 Å². The summed E-state index contributed by atoms with van der Waals surface area (Å²) in [5.41, 5.74) is -0.316. The van der Waals surface area contributed by atoms with Gasteiger partial charge in [-0.2, -0.15) is 0 Å². The largest absolute Gasteiger partial charge is 0.373 e. The molecule has 1 heterocycles. The maximum atomic E-state index is 12.0. The van der Waals surface area contributed by atoms with Gasteiger partial charge in [-0.25, -0.2) is 0 Å². The summed E-state index contributed by atoms with van der Waals surface area (Å²) in [5.74, 6) is 0.00343. The molecule has 0 saturated carbocycles. The molecule has 1 aliphatic rings. The Kier molecular flexibility index (Phi) is 3.41. The second-order valence-corrected chi connectivity index (χ2v) is 5.47. The molecule has 0 spiro atoms. The fourth-order valence-corrected chi connectivity index (χ4v) is 2.05. The number of carbonyl (C=O) groups excluding carboxylic acids is 1. The van der Waals surface area contributed by atoms with E-state index in [0.717, 1.165) is 0 Å². The molecule has 1 amide bonds. The number of carbonyl (C=O) groups is 1. The topological polar surface area (TPSA) is 52.6 Å². The van der Waals surface area contributed by atoms with Crippen LogP contribution in [-0.4, -0.2) is 39.8 Å². The SMILES string of the molecule is CC(C)NC1CC(O)N(C(C)(C)C)C1=O. The van der Waals surface area contributed by atoms with Crippen LogP contribution in [-0.2, 0) is 4.79 Å². The van der Waals surface area contributed by atoms with Gasteiger partial charge in [-0.3, -0.25) is 4.79 Å². The molecule has 2 N–H and O–H groups in total. The molecule has 15 heavy (non-hydrogen) atoms. The molecule has 1 saturated heterocycles. The Labute approximate surface area is 91.6 Å². The molecule has 2 unspecified atom stereocenters. The first-order valence-electron chi connectivity index (χ1n) is 5.50. The van der Waals surface area contributed by atoms with E-state index in [1.165, 1.54) is 0 Å². The number of aliphatic hydroxyl groups is 1. The summed E-state index contributed by atoms with van der Waals surface area (Å²) in [6, 6.07) is 0.0188. The zero-order valence-electron chi connectivity index (χ0n) is 10.2. The van der Waals surface area contributed by atoms with Crippen LogP contribution in [0.2, 0.25) is 0 Å². The lowest BCUT2D eigenvalue weighted by atomic mass is 10.1. The van der Waals surface area contributed by atoms with Gasteiger partial charge in [0.25, 0.3) is 0 Å². The number of likely N-dealkylation sites (tertiary alicyclic amines) is 1. The van der Waals surface area contributed by atoms with Crippen LogP contribution in [0.5, 0.6) is 0 Å². The first-order valence-corrected chi connectivity index (χ1v) is 5.50. The third-order valence-electron chi connectivity index (χ3n) is 2.54. The Hall–Kier alpha value is -0.610. The molecule has 88 valence electrons. The number of hydrogen-bond acceptors (Lipinski definition) is 3. The monoisotopic (exact) mass is 214 g/mol. The van der Waals surface area contributed by atoms with Crippen molar-refractivity contribution in [1.82, 2.24) is 10.2 Å². The minimum Gasteiger partial charge on any atom is -0.373 e. The van der Waals surface area contributed by atoms with Gasteiger partial charge in [-0.1, -0.05) is 13.8 Å². The lowest BCUT2D eigenvalue weighted by Gasteiger charge is -2.34. The van der Waals surface area contributed by atoms with Gasteiger partial charge in [-0.15, -0.1) is 0 Å². The number of aliphatic hydroxyl groups excluding tert-OH is 1. The van der Waals surface area contributed by atoms with E-state index in [2.05, 4.69) is 5.32 Å². The highest BCUT2D eigenvalue weighted by Gasteiger charge is 2.43. The molecule has 4 heteroatoms. The van der Waals surface area contributed by atoms with Crippen LogP contribution < -0.4 is 5.32 Å². The predicted molar refractivity (Wildman–Crippen MR) is 59.3 cm³/mol. The van der Waals surface area contributed by atoms with Crippen LogP contribution >= 0.6 is 0 Å². The fourth-order valence-electron chi connectivity index (χ4n) is 2.05. The molecule has 0 aromatic carbocycles. The Morgan fingerprint density at radius 1 is 1.47 bits per heavy atom. The summed E-state index contributed by atoms with van der Waals surface area (Å²) in [6.07, 6.45) is -0.178. The highest BCUT2D eigenvalue weighted by Crippen LogP contribution is 2.26. The summed E-state index contributed by atoms with van der Waals surface area (Å²) in [4.78, 5) is 13.6.